The van der Waals surface area contributed by atoms with Gasteiger partial charge in [-0.2, -0.15) is 0 Å². The van der Waals surface area contributed by atoms with Crippen LogP contribution in [0.5, 0.6) is 0 Å². The molecule has 0 fully saturated rings. The normalized spacial score (nSPS) is 9.67. The zero-order valence-electron chi connectivity index (χ0n) is 5.73. The van der Waals surface area contributed by atoms with Crippen LogP contribution in [0, 0.1) is 13.8 Å². The number of rotatable bonds is 0. The fraction of sp³-hybridized carbons (Fsp3) is 0.250. The third-order valence-electron chi connectivity index (χ3n) is 1.38. The average Bonchev–Trinajstić information content (AvgIpc) is 1.80. The molecule has 0 saturated carbocycles. The van der Waals surface area contributed by atoms with E-state index in [2.05, 4.69) is 32.0 Å². The first-order valence-corrected chi connectivity index (χ1v) is 4.42. The fourth-order valence-electron chi connectivity index (χ4n) is 0.814. The van der Waals surface area contributed by atoms with E-state index in [0.717, 1.165) is 0 Å². The number of hydrogen-bond acceptors (Lipinski definition) is 0. The first-order chi connectivity index (χ1) is 4.20. The second kappa shape index (κ2) is 2.73. The zero-order valence-corrected chi connectivity index (χ0v) is 8.59. The molecule has 1 heteroatoms. The van der Waals surface area contributed by atoms with Gasteiger partial charge in [-0.25, -0.2) is 0 Å². The summed E-state index contributed by atoms with van der Waals surface area (Å²) in [5.74, 6) is 0. The van der Waals surface area contributed by atoms with E-state index in [1.165, 1.54) is 37.2 Å². The van der Waals surface area contributed by atoms with Crippen molar-refractivity contribution in [3.63, 3.8) is 0 Å². The summed E-state index contributed by atoms with van der Waals surface area (Å²) in [5, 5.41) is 0. The first-order valence-electron chi connectivity index (χ1n) is 2.99. The molecular formula is C8H9Sn. The third kappa shape index (κ3) is 1.71. The average molecular weight is 224 g/mol. The van der Waals surface area contributed by atoms with E-state index in [9.17, 15) is 0 Å². The van der Waals surface area contributed by atoms with Crippen LogP contribution >= 0.6 is 0 Å². The molecule has 0 spiro atoms. The van der Waals surface area contributed by atoms with Gasteiger partial charge in [-0.3, -0.25) is 0 Å². The third-order valence-corrected chi connectivity index (χ3v) is 2.98. The molecule has 0 aliphatic heterocycles. The maximum atomic E-state index is 2.23. The predicted molar refractivity (Wildman–Crippen MR) is 41.3 cm³/mol. The van der Waals surface area contributed by atoms with Crippen LogP contribution in [0.2, 0.25) is 0 Å². The fourth-order valence-corrected chi connectivity index (χ4v) is 1.26. The van der Waals surface area contributed by atoms with E-state index < -0.39 is 0 Å². The van der Waals surface area contributed by atoms with Gasteiger partial charge in [-0.05, 0) is 0 Å². The van der Waals surface area contributed by atoms with Crippen LogP contribution < -0.4 is 3.58 Å². The predicted octanol–water partition coefficient (Wildman–Crippen LogP) is 1.10. The molecule has 0 N–H and O–H groups in total. The molecule has 1 aromatic rings. The van der Waals surface area contributed by atoms with Crippen molar-refractivity contribution in [3.05, 3.63) is 29.3 Å². The van der Waals surface area contributed by atoms with Gasteiger partial charge in [-0.1, -0.05) is 0 Å². The second-order valence-corrected chi connectivity index (χ2v) is 3.86. The molecule has 9 heavy (non-hydrogen) atoms. The van der Waals surface area contributed by atoms with Crippen LogP contribution in [-0.4, -0.2) is 22.5 Å². The van der Waals surface area contributed by atoms with Gasteiger partial charge in [0.25, 0.3) is 0 Å². The van der Waals surface area contributed by atoms with Crippen molar-refractivity contribution >= 4 is 26.1 Å². The van der Waals surface area contributed by atoms with Gasteiger partial charge in [0, 0.05) is 0 Å². The number of hydrogen-bond donors (Lipinski definition) is 0. The van der Waals surface area contributed by atoms with E-state index in [-0.39, 0.29) is 0 Å². The molecule has 0 aliphatic rings. The van der Waals surface area contributed by atoms with Crippen molar-refractivity contribution in [2.75, 3.05) is 0 Å². The summed E-state index contributed by atoms with van der Waals surface area (Å²) in [6.07, 6.45) is 0. The Morgan fingerprint density at radius 1 is 1.22 bits per heavy atom. The molecule has 0 atom stereocenters. The molecule has 0 saturated heterocycles. The summed E-state index contributed by atoms with van der Waals surface area (Å²) in [6, 6.07) is 6.59. The minimum absolute atomic E-state index is 1.36. The van der Waals surface area contributed by atoms with Crippen LogP contribution in [0.3, 0.4) is 0 Å². The van der Waals surface area contributed by atoms with E-state index >= 15 is 0 Å². The van der Waals surface area contributed by atoms with Crippen LogP contribution in [0.15, 0.2) is 18.2 Å². The maximum absolute atomic E-state index is 2.23. The van der Waals surface area contributed by atoms with Crippen molar-refractivity contribution in [1.29, 1.82) is 0 Å². The Kier molecular flexibility index (Phi) is 2.17. The van der Waals surface area contributed by atoms with Gasteiger partial charge in [0.15, 0.2) is 0 Å². The molecule has 1 rings (SSSR count). The monoisotopic (exact) mass is 225 g/mol. The molecule has 45 valence electrons. The van der Waals surface area contributed by atoms with Crippen molar-refractivity contribution in [2.45, 2.75) is 13.8 Å². The summed E-state index contributed by atoms with van der Waals surface area (Å²) in [4.78, 5) is 0. The SMILES string of the molecule is Cc1cc[c]([Sn])c(C)c1. The summed E-state index contributed by atoms with van der Waals surface area (Å²) in [7, 11) is 0. The molecule has 0 aromatic heterocycles. The Bertz CT molecular complexity index is 216. The van der Waals surface area contributed by atoms with E-state index in [0.29, 0.717) is 0 Å². The van der Waals surface area contributed by atoms with Gasteiger partial charge in [0.1, 0.15) is 0 Å². The molecule has 1 aromatic carbocycles. The molecule has 0 unspecified atom stereocenters. The van der Waals surface area contributed by atoms with E-state index in [1.54, 1.807) is 0 Å². The van der Waals surface area contributed by atoms with Gasteiger partial charge >= 0.3 is 69.3 Å². The molecule has 3 radical (unpaired) electrons. The van der Waals surface area contributed by atoms with E-state index in [1.807, 2.05) is 0 Å². The van der Waals surface area contributed by atoms with E-state index in [4.69, 9.17) is 0 Å². The standard InChI is InChI=1S/C8H9.Sn/c1-7-4-3-5-8(2)6-7;/h3-4,6H,1-2H3;. The van der Waals surface area contributed by atoms with Crippen molar-refractivity contribution < 1.29 is 0 Å². The number of aryl methyl sites for hydroxylation is 2. The Morgan fingerprint density at radius 2 is 1.89 bits per heavy atom. The number of benzene rings is 1. The Morgan fingerprint density at radius 3 is 2.33 bits per heavy atom. The molecule has 0 heterocycles. The summed E-state index contributed by atoms with van der Waals surface area (Å²) < 4.78 is 1.47. The van der Waals surface area contributed by atoms with Crippen LogP contribution in [-0.2, 0) is 0 Å². The van der Waals surface area contributed by atoms with Crippen molar-refractivity contribution in [1.82, 2.24) is 0 Å². The summed E-state index contributed by atoms with van der Waals surface area (Å²) in [5.41, 5.74) is 2.78. The molecule has 0 bridgehead atoms. The summed E-state index contributed by atoms with van der Waals surface area (Å²) >= 11 is 1.51. The van der Waals surface area contributed by atoms with Crippen LogP contribution in [0.1, 0.15) is 11.1 Å². The van der Waals surface area contributed by atoms with Crippen LogP contribution in [0.25, 0.3) is 0 Å². The molecular weight excluding hydrogens is 215 g/mol. The minimum atomic E-state index is 1.36. The Labute approximate surface area is 69.4 Å². The second-order valence-electron chi connectivity index (χ2n) is 2.32. The summed E-state index contributed by atoms with van der Waals surface area (Å²) in [6.45, 7) is 4.29. The van der Waals surface area contributed by atoms with Crippen molar-refractivity contribution in [2.24, 2.45) is 0 Å². The van der Waals surface area contributed by atoms with Crippen molar-refractivity contribution in [3.8, 4) is 0 Å². The van der Waals surface area contributed by atoms with Gasteiger partial charge < -0.3 is 0 Å². The van der Waals surface area contributed by atoms with Gasteiger partial charge in [-0.15, -0.1) is 0 Å². The topological polar surface area (TPSA) is 0 Å². The molecule has 0 nitrogen and oxygen atoms in total. The zero-order chi connectivity index (χ0) is 6.85. The molecule has 0 amide bonds. The van der Waals surface area contributed by atoms with Crippen LogP contribution in [0.4, 0.5) is 0 Å². The quantitative estimate of drug-likeness (QED) is 0.578. The van der Waals surface area contributed by atoms with Gasteiger partial charge in [0.2, 0.25) is 0 Å². The molecule has 0 aliphatic carbocycles. The van der Waals surface area contributed by atoms with Gasteiger partial charge in [0.05, 0.1) is 0 Å². The Balaban J connectivity index is 3.17. The first kappa shape index (κ1) is 7.13. The Hall–Kier alpha value is 0.0187.